The molecule has 1 aliphatic carbocycles. The number of unbranched alkanes of at least 4 members (excludes halogenated alkanes) is 7. The normalized spacial score (nSPS) is 13.2. The quantitative estimate of drug-likeness (QED) is 0.0914. The third-order valence-corrected chi connectivity index (χ3v) is 8.76. The number of rotatable bonds is 17. The molecule has 47 heavy (non-hydrogen) atoms. The maximum absolute atomic E-state index is 14.1. The summed E-state index contributed by atoms with van der Waals surface area (Å²) < 4.78 is 30.6. The van der Waals surface area contributed by atoms with Crippen molar-refractivity contribution in [2.75, 3.05) is 31.0 Å². The van der Waals surface area contributed by atoms with Crippen molar-refractivity contribution in [2.24, 2.45) is 5.41 Å². The predicted octanol–water partition coefficient (Wildman–Crippen LogP) is 9.08. The summed E-state index contributed by atoms with van der Waals surface area (Å²) in [6.07, 6.45) is 11.7. The van der Waals surface area contributed by atoms with Crippen LogP contribution in [0.15, 0.2) is 72.9 Å². The number of pyridine rings is 1. The Bertz CT molecular complexity index is 1650. The largest absolute Gasteiger partial charge is 0.493 e. The summed E-state index contributed by atoms with van der Waals surface area (Å²) in [4.78, 5) is 33.7. The van der Waals surface area contributed by atoms with Gasteiger partial charge in [0.15, 0.2) is 11.5 Å². The molecular weight excluding hydrogens is 597 g/mol. The van der Waals surface area contributed by atoms with Crippen LogP contribution in [0, 0.1) is 11.2 Å². The highest BCUT2D eigenvalue weighted by atomic mass is 19.1. The van der Waals surface area contributed by atoms with Crippen LogP contribution < -0.4 is 24.4 Å². The molecule has 248 valence electrons. The topological polar surface area (TPSA) is 90.0 Å². The highest BCUT2D eigenvalue weighted by Crippen LogP contribution is 2.49. The van der Waals surface area contributed by atoms with Crippen LogP contribution in [0.1, 0.15) is 71.1 Å². The second-order valence-electron chi connectivity index (χ2n) is 12.1. The molecular formula is C38H44FN3O5. The van der Waals surface area contributed by atoms with Gasteiger partial charge in [-0.25, -0.2) is 4.39 Å². The number of nitrogens with zero attached hydrogens (tertiary/aromatic N) is 2. The minimum atomic E-state index is -1.14. The Morgan fingerprint density at radius 3 is 2.11 bits per heavy atom. The number of halogens is 1. The van der Waals surface area contributed by atoms with Crippen LogP contribution in [-0.2, 0) is 9.59 Å². The summed E-state index contributed by atoms with van der Waals surface area (Å²) in [5, 5.41) is 3.60. The van der Waals surface area contributed by atoms with Crippen molar-refractivity contribution in [2.45, 2.75) is 71.1 Å². The fraction of sp³-hybridized carbons (Fsp3) is 0.395. The van der Waals surface area contributed by atoms with Crippen molar-refractivity contribution < 1.29 is 28.2 Å². The molecule has 8 nitrogen and oxygen atoms in total. The van der Waals surface area contributed by atoms with Crippen molar-refractivity contribution in [3.05, 3.63) is 78.7 Å². The number of ether oxygens (including phenoxy) is 3. The minimum absolute atomic E-state index is 0.213. The molecule has 0 unspecified atom stereocenters. The van der Waals surface area contributed by atoms with E-state index in [0.717, 1.165) is 24.6 Å². The Hall–Kier alpha value is -4.66. The zero-order valence-electron chi connectivity index (χ0n) is 27.5. The van der Waals surface area contributed by atoms with Crippen LogP contribution >= 0.6 is 0 Å². The van der Waals surface area contributed by atoms with Gasteiger partial charge >= 0.3 is 0 Å². The Morgan fingerprint density at radius 1 is 0.830 bits per heavy atom. The van der Waals surface area contributed by atoms with Gasteiger partial charge in [-0.2, -0.15) is 0 Å². The second kappa shape index (κ2) is 15.8. The number of aromatic nitrogens is 1. The summed E-state index contributed by atoms with van der Waals surface area (Å²) in [7, 11) is 3.16. The average molecular weight is 642 g/mol. The molecule has 1 aliphatic rings. The van der Waals surface area contributed by atoms with Crippen LogP contribution in [0.25, 0.3) is 10.9 Å². The summed E-state index contributed by atoms with van der Waals surface area (Å²) >= 11 is 0. The first-order valence-corrected chi connectivity index (χ1v) is 16.6. The number of hydrogen-bond donors (Lipinski definition) is 1. The highest BCUT2D eigenvalue weighted by Gasteiger charge is 2.58. The van der Waals surface area contributed by atoms with Gasteiger partial charge in [-0.1, -0.05) is 51.9 Å². The van der Waals surface area contributed by atoms with Gasteiger partial charge in [-0.15, -0.1) is 0 Å². The van der Waals surface area contributed by atoms with E-state index in [-0.39, 0.29) is 17.6 Å². The lowest BCUT2D eigenvalue weighted by atomic mass is 10.0. The minimum Gasteiger partial charge on any atom is -0.493 e. The Morgan fingerprint density at radius 2 is 1.47 bits per heavy atom. The van der Waals surface area contributed by atoms with Crippen molar-refractivity contribution in [3.8, 4) is 23.0 Å². The number of carbonyl (C=O) groups is 2. The van der Waals surface area contributed by atoms with Gasteiger partial charge in [0.05, 0.1) is 19.7 Å². The highest BCUT2D eigenvalue weighted by molar-refractivity contribution is 6.17. The molecule has 0 spiro atoms. The lowest BCUT2D eigenvalue weighted by molar-refractivity contribution is -0.132. The van der Waals surface area contributed by atoms with Gasteiger partial charge in [0.25, 0.3) is 0 Å². The van der Waals surface area contributed by atoms with Gasteiger partial charge in [0.2, 0.25) is 11.8 Å². The van der Waals surface area contributed by atoms with Crippen LogP contribution in [0.4, 0.5) is 15.8 Å². The van der Waals surface area contributed by atoms with Gasteiger partial charge in [0.1, 0.15) is 22.7 Å². The summed E-state index contributed by atoms with van der Waals surface area (Å²) in [6, 6.07) is 18.4. The van der Waals surface area contributed by atoms with Crippen LogP contribution in [0.3, 0.4) is 0 Å². The van der Waals surface area contributed by atoms with Crippen molar-refractivity contribution >= 4 is 34.1 Å². The molecule has 9 heteroatoms. The van der Waals surface area contributed by atoms with Crippen molar-refractivity contribution in [3.63, 3.8) is 0 Å². The Kier molecular flexibility index (Phi) is 11.3. The SMILES string of the molecule is CCCCCCCCCCN(C(=O)C1(C(=O)Nc2ccc(F)cc2)CC1)c1ccc(Oc2ccnc3cc(OC)c(OC)cc23)cc1. The third kappa shape index (κ3) is 8.20. The maximum atomic E-state index is 14.1. The Balaban J connectivity index is 1.32. The zero-order chi connectivity index (χ0) is 33.2. The maximum Gasteiger partial charge on any atom is 0.242 e. The summed E-state index contributed by atoms with van der Waals surface area (Å²) in [6.45, 7) is 2.73. The number of benzene rings is 3. The molecule has 1 aromatic heterocycles. The lowest BCUT2D eigenvalue weighted by Crippen LogP contribution is -2.43. The molecule has 1 saturated carbocycles. The van der Waals surface area contributed by atoms with Gasteiger partial charge in [-0.3, -0.25) is 14.6 Å². The molecule has 5 rings (SSSR count). The number of hydrogen-bond acceptors (Lipinski definition) is 6. The Labute approximate surface area is 276 Å². The molecule has 1 fully saturated rings. The van der Waals surface area contributed by atoms with Gasteiger partial charge in [0, 0.05) is 35.6 Å². The zero-order valence-corrected chi connectivity index (χ0v) is 27.5. The first kappa shape index (κ1) is 33.7. The first-order chi connectivity index (χ1) is 22.9. The van der Waals surface area contributed by atoms with Crippen LogP contribution in [0.2, 0.25) is 0 Å². The van der Waals surface area contributed by atoms with Gasteiger partial charge < -0.3 is 24.4 Å². The molecule has 0 radical (unpaired) electrons. The number of carbonyl (C=O) groups excluding carboxylic acids is 2. The number of nitrogens with one attached hydrogen (secondary N) is 1. The molecule has 0 aliphatic heterocycles. The van der Waals surface area contributed by atoms with E-state index in [4.69, 9.17) is 14.2 Å². The fourth-order valence-corrected chi connectivity index (χ4v) is 5.81. The van der Waals surface area contributed by atoms with E-state index in [9.17, 15) is 14.0 Å². The number of anilines is 2. The van der Waals surface area contributed by atoms with Crippen LogP contribution in [-0.4, -0.2) is 37.6 Å². The lowest BCUT2D eigenvalue weighted by Gasteiger charge is -2.27. The monoisotopic (exact) mass is 641 g/mol. The van der Waals surface area contributed by atoms with E-state index in [1.807, 2.05) is 30.3 Å². The number of fused-ring (bicyclic) bond motifs is 1. The van der Waals surface area contributed by atoms with E-state index >= 15 is 0 Å². The average Bonchev–Trinajstić information content (AvgIpc) is 3.91. The molecule has 0 bridgehead atoms. The molecule has 0 atom stereocenters. The van der Waals surface area contributed by atoms with E-state index < -0.39 is 5.41 Å². The van der Waals surface area contributed by atoms with Crippen LogP contribution in [0.5, 0.6) is 23.0 Å². The second-order valence-corrected chi connectivity index (χ2v) is 12.1. The van der Waals surface area contributed by atoms with E-state index in [1.165, 1.54) is 56.4 Å². The molecule has 1 N–H and O–H groups in total. The number of amides is 2. The standard InChI is InChI=1S/C38H44FN3O5/c1-4-5-6-7-8-9-10-11-24-42(37(44)38(21-22-38)36(43)41-28-14-12-27(39)13-15-28)29-16-18-30(19-17-29)47-33-20-23-40-32-26-35(46-3)34(45-2)25-31(32)33/h12-20,23,25-26H,4-11,21-22,24H2,1-3H3,(H,41,43). The summed E-state index contributed by atoms with van der Waals surface area (Å²) in [5.41, 5.74) is 0.732. The van der Waals surface area contributed by atoms with E-state index in [0.29, 0.717) is 59.3 Å². The van der Waals surface area contributed by atoms with E-state index in [1.54, 1.807) is 37.4 Å². The molecule has 0 saturated heterocycles. The van der Waals surface area contributed by atoms with Crippen molar-refractivity contribution in [1.82, 2.24) is 4.98 Å². The third-order valence-electron chi connectivity index (χ3n) is 8.76. The summed E-state index contributed by atoms with van der Waals surface area (Å²) in [5.74, 6) is 1.38. The fourth-order valence-electron chi connectivity index (χ4n) is 5.81. The van der Waals surface area contributed by atoms with Crippen molar-refractivity contribution in [1.29, 1.82) is 0 Å². The van der Waals surface area contributed by atoms with E-state index in [2.05, 4.69) is 17.2 Å². The first-order valence-electron chi connectivity index (χ1n) is 16.6. The molecule has 3 aromatic carbocycles. The molecule has 4 aromatic rings. The van der Waals surface area contributed by atoms with Gasteiger partial charge in [-0.05, 0) is 79.9 Å². The molecule has 2 amide bonds. The molecule has 1 heterocycles. The predicted molar refractivity (Wildman–Crippen MR) is 183 cm³/mol. The smallest absolute Gasteiger partial charge is 0.242 e. The number of methoxy groups -OCH3 is 2.